The molecule has 0 atom stereocenters. The van der Waals surface area contributed by atoms with E-state index < -0.39 is 0 Å². The molecule has 1 amide bonds. The highest BCUT2D eigenvalue weighted by atomic mass is 16.5. The van der Waals surface area contributed by atoms with Crippen molar-refractivity contribution in [2.75, 3.05) is 19.0 Å². The third kappa shape index (κ3) is 5.03. The summed E-state index contributed by atoms with van der Waals surface area (Å²) < 4.78 is 5.00. The molecule has 0 fully saturated rings. The lowest BCUT2D eigenvalue weighted by molar-refractivity contribution is -0.119. The van der Waals surface area contributed by atoms with Crippen LogP contribution in [0.2, 0.25) is 0 Å². The number of carbonyl (C=O) groups excluding carboxylic acids is 1. The molecule has 0 aliphatic carbocycles. The average Bonchev–Trinajstić information content (AvgIpc) is 2.54. The summed E-state index contributed by atoms with van der Waals surface area (Å²) in [7, 11) is 1.47. The summed E-state index contributed by atoms with van der Waals surface area (Å²) in [6, 6.07) is 12.6. The van der Waals surface area contributed by atoms with Crippen LogP contribution in [-0.2, 0) is 4.79 Å². The summed E-state index contributed by atoms with van der Waals surface area (Å²) in [6.45, 7) is 2.11. The van der Waals surface area contributed by atoms with Crippen LogP contribution in [0.3, 0.4) is 0 Å². The quantitative estimate of drug-likeness (QED) is 0.564. The second kappa shape index (κ2) is 7.84. The van der Waals surface area contributed by atoms with Crippen LogP contribution >= 0.6 is 0 Å². The first-order valence-corrected chi connectivity index (χ1v) is 7.08. The number of phenols is 1. The average molecular weight is 313 g/mol. The minimum absolute atomic E-state index is 0.0519. The molecule has 0 bridgehead atoms. The van der Waals surface area contributed by atoms with Crippen molar-refractivity contribution in [3.8, 4) is 11.5 Å². The first kappa shape index (κ1) is 16.4. The Balaban J connectivity index is 1.84. The zero-order valence-electron chi connectivity index (χ0n) is 13.0. The van der Waals surface area contributed by atoms with Crippen molar-refractivity contribution in [2.45, 2.75) is 6.92 Å². The van der Waals surface area contributed by atoms with Crippen molar-refractivity contribution < 1.29 is 14.6 Å². The van der Waals surface area contributed by atoms with Crippen LogP contribution in [0.4, 0.5) is 5.69 Å². The largest absolute Gasteiger partial charge is 0.504 e. The SMILES string of the molecule is COc1cc(/C=N\NC(=O)CNc2cccc(C)c2)ccc1O. The summed E-state index contributed by atoms with van der Waals surface area (Å²) >= 11 is 0. The number of hydrogen-bond acceptors (Lipinski definition) is 5. The molecule has 0 unspecified atom stereocenters. The standard InChI is InChI=1S/C17H19N3O3/c1-12-4-3-5-14(8-12)18-11-17(22)20-19-10-13-6-7-15(21)16(9-13)23-2/h3-10,18,21H,11H2,1-2H3,(H,20,22)/b19-10-. The summed E-state index contributed by atoms with van der Waals surface area (Å²) in [5.74, 6) is 0.144. The first-order valence-electron chi connectivity index (χ1n) is 7.08. The van der Waals surface area contributed by atoms with Gasteiger partial charge in [0.25, 0.3) is 5.91 Å². The van der Waals surface area contributed by atoms with Crippen LogP contribution in [0, 0.1) is 6.92 Å². The van der Waals surface area contributed by atoms with Gasteiger partial charge in [0.15, 0.2) is 11.5 Å². The predicted molar refractivity (Wildman–Crippen MR) is 90.1 cm³/mol. The van der Waals surface area contributed by atoms with Crippen LogP contribution in [-0.4, -0.2) is 30.9 Å². The van der Waals surface area contributed by atoms with E-state index >= 15 is 0 Å². The van der Waals surface area contributed by atoms with E-state index in [1.54, 1.807) is 12.1 Å². The topological polar surface area (TPSA) is 83.0 Å². The zero-order valence-corrected chi connectivity index (χ0v) is 13.0. The van der Waals surface area contributed by atoms with Gasteiger partial charge in [-0.1, -0.05) is 12.1 Å². The van der Waals surface area contributed by atoms with Crippen LogP contribution in [0.25, 0.3) is 0 Å². The smallest absolute Gasteiger partial charge is 0.259 e. The van der Waals surface area contributed by atoms with Crippen molar-refractivity contribution in [1.29, 1.82) is 0 Å². The second-order valence-corrected chi connectivity index (χ2v) is 4.95. The lowest BCUT2D eigenvalue weighted by Crippen LogP contribution is -2.25. The number of aryl methyl sites for hydroxylation is 1. The number of rotatable bonds is 6. The van der Waals surface area contributed by atoms with Gasteiger partial charge in [-0.2, -0.15) is 5.10 Å². The van der Waals surface area contributed by atoms with Crippen molar-refractivity contribution in [2.24, 2.45) is 5.10 Å². The fraction of sp³-hybridized carbons (Fsp3) is 0.176. The molecule has 0 spiro atoms. The van der Waals surface area contributed by atoms with E-state index in [1.165, 1.54) is 19.4 Å². The predicted octanol–water partition coefficient (Wildman–Crippen LogP) is 2.27. The van der Waals surface area contributed by atoms with E-state index in [4.69, 9.17) is 4.74 Å². The number of ether oxygens (including phenoxy) is 1. The molecule has 2 aromatic rings. The maximum absolute atomic E-state index is 11.7. The second-order valence-electron chi connectivity index (χ2n) is 4.95. The van der Waals surface area contributed by atoms with Crippen molar-refractivity contribution in [3.63, 3.8) is 0 Å². The lowest BCUT2D eigenvalue weighted by Gasteiger charge is -2.06. The fourth-order valence-corrected chi connectivity index (χ4v) is 1.93. The number of phenolic OH excluding ortho intramolecular Hbond substituents is 1. The van der Waals surface area contributed by atoms with Gasteiger partial charge >= 0.3 is 0 Å². The van der Waals surface area contributed by atoms with Gasteiger partial charge in [-0.25, -0.2) is 5.43 Å². The third-order valence-corrected chi connectivity index (χ3v) is 3.08. The number of nitrogens with zero attached hydrogens (tertiary/aromatic N) is 1. The monoisotopic (exact) mass is 313 g/mol. The molecule has 0 saturated heterocycles. The number of hydrogen-bond donors (Lipinski definition) is 3. The number of amides is 1. The van der Waals surface area contributed by atoms with Crippen molar-refractivity contribution in [3.05, 3.63) is 53.6 Å². The molecule has 6 nitrogen and oxygen atoms in total. The molecule has 120 valence electrons. The van der Waals surface area contributed by atoms with Gasteiger partial charge in [0.2, 0.25) is 0 Å². The van der Waals surface area contributed by atoms with Crippen LogP contribution in [0.15, 0.2) is 47.6 Å². The zero-order chi connectivity index (χ0) is 16.7. The van der Waals surface area contributed by atoms with E-state index in [9.17, 15) is 9.90 Å². The minimum Gasteiger partial charge on any atom is -0.504 e. The lowest BCUT2D eigenvalue weighted by atomic mass is 10.2. The van der Waals surface area contributed by atoms with E-state index in [2.05, 4.69) is 15.8 Å². The van der Waals surface area contributed by atoms with E-state index in [0.717, 1.165) is 11.3 Å². The van der Waals surface area contributed by atoms with Gasteiger partial charge in [-0.3, -0.25) is 4.79 Å². The molecule has 23 heavy (non-hydrogen) atoms. The molecule has 6 heteroatoms. The normalized spacial score (nSPS) is 10.5. The fourth-order valence-electron chi connectivity index (χ4n) is 1.93. The Morgan fingerprint density at radius 1 is 1.30 bits per heavy atom. The van der Waals surface area contributed by atoms with E-state index in [1.807, 2.05) is 31.2 Å². The summed E-state index contributed by atoms with van der Waals surface area (Å²) in [5, 5.41) is 16.4. The van der Waals surface area contributed by atoms with E-state index in [0.29, 0.717) is 11.3 Å². The molecule has 0 saturated carbocycles. The Morgan fingerprint density at radius 3 is 2.87 bits per heavy atom. The maximum Gasteiger partial charge on any atom is 0.259 e. The number of methoxy groups -OCH3 is 1. The van der Waals surface area contributed by atoms with Gasteiger partial charge in [0.1, 0.15) is 0 Å². The maximum atomic E-state index is 11.7. The molecular formula is C17H19N3O3. The van der Waals surface area contributed by atoms with Gasteiger partial charge < -0.3 is 15.2 Å². The van der Waals surface area contributed by atoms with E-state index in [-0.39, 0.29) is 18.2 Å². The van der Waals surface area contributed by atoms with Crippen LogP contribution < -0.4 is 15.5 Å². The highest BCUT2D eigenvalue weighted by molar-refractivity contribution is 5.84. The summed E-state index contributed by atoms with van der Waals surface area (Å²) in [5.41, 5.74) is 5.14. The molecule has 0 heterocycles. The van der Waals surface area contributed by atoms with Gasteiger partial charge in [0.05, 0.1) is 19.9 Å². The van der Waals surface area contributed by atoms with Crippen molar-refractivity contribution >= 4 is 17.8 Å². The number of benzene rings is 2. The minimum atomic E-state index is -0.256. The Bertz CT molecular complexity index is 714. The Morgan fingerprint density at radius 2 is 2.13 bits per heavy atom. The number of nitrogens with one attached hydrogen (secondary N) is 2. The Hall–Kier alpha value is -3.02. The van der Waals surface area contributed by atoms with Crippen LogP contribution in [0.5, 0.6) is 11.5 Å². The van der Waals surface area contributed by atoms with Crippen molar-refractivity contribution in [1.82, 2.24) is 5.43 Å². The molecule has 0 radical (unpaired) electrons. The molecule has 0 aromatic heterocycles. The highest BCUT2D eigenvalue weighted by Crippen LogP contribution is 2.25. The highest BCUT2D eigenvalue weighted by Gasteiger charge is 2.02. The number of aromatic hydroxyl groups is 1. The van der Waals surface area contributed by atoms with Gasteiger partial charge in [-0.15, -0.1) is 0 Å². The summed E-state index contributed by atoms with van der Waals surface area (Å²) in [4.78, 5) is 11.7. The van der Waals surface area contributed by atoms with Gasteiger partial charge in [-0.05, 0) is 48.4 Å². The Labute approximate surface area is 134 Å². The molecule has 2 aromatic carbocycles. The molecule has 2 rings (SSSR count). The molecular weight excluding hydrogens is 294 g/mol. The summed E-state index contributed by atoms with van der Waals surface area (Å²) in [6.07, 6.45) is 1.48. The number of hydrazone groups is 1. The Kier molecular flexibility index (Phi) is 5.57. The number of anilines is 1. The van der Waals surface area contributed by atoms with Gasteiger partial charge in [0, 0.05) is 5.69 Å². The molecule has 0 aliphatic rings. The first-order chi connectivity index (χ1) is 11.1. The molecule has 3 N–H and O–H groups in total. The number of carbonyl (C=O) groups is 1. The third-order valence-electron chi connectivity index (χ3n) is 3.08. The molecule has 0 aliphatic heterocycles. The van der Waals surface area contributed by atoms with Crippen LogP contribution in [0.1, 0.15) is 11.1 Å².